The van der Waals surface area contributed by atoms with Crippen molar-refractivity contribution in [3.05, 3.63) is 12.2 Å². The summed E-state index contributed by atoms with van der Waals surface area (Å²) in [6.45, 7) is 5.44. The first-order valence-corrected chi connectivity index (χ1v) is 6.91. The molecule has 3 atom stereocenters. The van der Waals surface area contributed by atoms with Gasteiger partial charge in [-0.3, -0.25) is 9.59 Å². The number of carbonyl (C=O) groups is 2. The number of fused-ring (bicyclic) bond motifs is 1. The lowest BCUT2D eigenvalue weighted by atomic mass is 9.75. The van der Waals surface area contributed by atoms with Crippen LogP contribution in [0.4, 0.5) is 0 Å². The number of halogens is 1. The van der Waals surface area contributed by atoms with Gasteiger partial charge in [-0.1, -0.05) is 28.1 Å². The summed E-state index contributed by atoms with van der Waals surface area (Å²) in [5, 5.41) is 0. The Bertz CT molecular complexity index is 410. The van der Waals surface area contributed by atoms with Gasteiger partial charge in [-0.25, -0.2) is 0 Å². The van der Waals surface area contributed by atoms with Crippen molar-refractivity contribution in [1.29, 1.82) is 0 Å². The lowest BCUT2D eigenvalue weighted by molar-refractivity contribution is -0.167. The first-order chi connectivity index (χ1) is 8.24. The highest BCUT2D eigenvalue weighted by Crippen LogP contribution is 2.46. The van der Waals surface area contributed by atoms with Gasteiger partial charge in [-0.15, -0.1) is 0 Å². The van der Waals surface area contributed by atoms with E-state index in [1.54, 1.807) is 6.08 Å². The molecule has 5 heteroatoms. The van der Waals surface area contributed by atoms with Crippen molar-refractivity contribution >= 4 is 27.9 Å². The Balaban J connectivity index is 2.31. The highest BCUT2D eigenvalue weighted by atomic mass is 79.9. The van der Waals surface area contributed by atoms with Crippen LogP contribution < -0.4 is 0 Å². The van der Waals surface area contributed by atoms with Crippen molar-refractivity contribution < 1.29 is 19.1 Å². The van der Waals surface area contributed by atoms with E-state index in [0.29, 0.717) is 0 Å². The summed E-state index contributed by atoms with van der Waals surface area (Å²) in [5.41, 5.74) is -1.54. The zero-order valence-electron chi connectivity index (χ0n) is 10.7. The molecule has 2 rings (SSSR count). The third-order valence-electron chi connectivity index (χ3n) is 3.09. The second kappa shape index (κ2) is 4.37. The van der Waals surface area contributed by atoms with Gasteiger partial charge in [0.2, 0.25) is 0 Å². The van der Waals surface area contributed by atoms with Gasteiger partial charge in [0, 0.05) is 0 Å². The molecular formula is C13H17BrO4. The maximum Gasteiger partial charge on any atom is 0.320 e. The van der Waals surface area contributed by atoms with Gasteiger partial charge >= 0.3 is 11.9 Å². The van der Waals surface area contributed by atoms with Crippen LogP contribution >= 0.6 is 15.9 Å². The Morgan fingerprint density at radius 1 is 1.56 bits per heavy atom. The first kappa shape index (κ1) is 13.6. The smallest absolute Gasteiger partial charge is 0.320 e. The molecule has 1 saturated heterocycles. The van der Waals surface area contributed by atoms with E-state index in [1.807, 2.05) is 26.8 Å². The molecule has 0 amide bonds. The van der Waals surface area contributed by atoms with Crippen LogP contribution in [0.25, 0.3) is 0 Å². The molecule has 0 aromatic carbocycles. The summed E-state index contributed by atoms with van der Waals surface area (Å²) in [6, 6.07) is 0. The van der Waals surface area contributed by atoms with Crippen LogP contribution in [0.1, 0.15) is 33.6 Å². The summed E-state index contributed by atoms with van der Waals surface area (Å²) in [4.78, 5) is 23.9. The van der Waals surface area contributed by atoms with Crippen molar-refractivity contribution in [3.8, 4) is 0 Å². The van der Waals surface area contributed by atoms with Crippen molar-refractivity contribution in [3.63, 3.8) is 0 Å². The summed E-state index contributed by atoms with van der Waals surface area (Å²) >= 11 is 3.47. The van der Waals surface area contributed by atoms with Crippen molar-refractivity contribution in [2.75, 3.05) is 0 Å². The Morgan fingerprint density at radius 3 is 2.83 bits per heavy atom. The number of carbonyl (C=O) groups excluding carboxylic acids is 2. The number of alkyl halides is 1. The molecule has 0 bridgehead atoms. The van der Waals surface area contributed by atoms with E-state index in [0.717, 1.165) is 6.42 Å². The third kappa shape index (κ3) is 2.32. The van der Waals surface area contributed by atoms with Crippen LogP contribution in [0, 0.1) is 5.41 Å². The van der Waals surface area contributed by atoms with Crippen molar-refractivity contribution in [1.82, 2.24) is 0 Å². The Hall–Kier alpha value is -0.840. The molecule has 4 nitrogen and oxygen atoms in total. The predicted molar refractivity (Wildman–Crippen MR) is 69.2 cm³/mol. The number of esters is 2. The zero-order chi connectivity index (χ0) is 13.6. The van der Waals surface area contributed by atoms with Crippen LogP contribution in [0.15, 0.2) is 12.2 Å². The lowest BCUT2D eigenvalue weighted by Gasteiger charge is -2.35. The lowest BCUT2D eigenvalue weighted by Crippen LogP contribution is -2.47. The maximum absolute atomic E-state index is 12.4. The molecule has 0 unspecified atom stereocenters. The molecule has 0 aromatic rings. The molecule has 1 aliphatic carbocycles. The fourth-order valence-corrected chi connectivity index (χ4v) is 3.14. The van der Waals surface area contributed by atoms with Gasteiger partial charge in [0.15, 0.2) is 0 Å². The van der Waals surface area contributed by atoms with Gasteiger partial charge in [0.25, 0.3) is 0 Å². The van der Waals surface area contributed by atoms with Crippen LogP contribution in [0.5, 0.6) is 0 Å². The molecule has 0 saturated carbocycles. The number of rotatable bonds is 1. The normalized spacial score (nSPS) is 35.0. The number of hydrogen-bond acceptors (Lipinski definition) is 4. The predicted octanol–water partition coefficient (Wildman–Crippen LogP) is 2.35. The summed E-state index contributed by atoms with van der Waals surface area (Å²) in [7, 11) is 0. The average Bonchev–Trinajstić information content (AvgIpc) is 2.55. The fraction of sp³-hybridized carbons (Fsp3) is 0.692. The minimum Gasteiger partial charge on any atom is -0.460 e. The molecule has 2 aliphatic rings. The van der Waals surface area contributed by atoms with E-state index >= 15 is 0 Å². The van der Waals surface area contributed by atoms with Gasteiger partial charge < -0.3 is 9.47 Å². The highest BCUT2D eigenvalue weighted by molar-refractivity contribution is 9.09. The second-order valence-electron chi connectivity index (χ2n) is 5.78. The molecule has 1 aliphatic heterocycles. The average molecular weight is 317 g/mol. The summed E-state index contributed by atoms with van der Waals surface area (Å²) in [6.07, 6.45) is 4.01. The minimum absolute atomic E-state index is 0.0403. The molecule has 1 fully saturated rings. The van der Waals surface area contributed by atoms with E-state index in [4.69, 9.17) is 9.47 Å². The SMILES string of the molecule is CC(C)(C)OC(=O)[C@]12C=CC[C@H](Br)[C@H]1OC(=O)C2. The Kier molecular flexibility index (Phi) is 3.30. The highest BCUT2D eigenvalue weighted by Gasteiger charge is 2.58. The van der Waals surface area contributed by atoms with Gasteiger partial charge in [-0.2, -0.15) is 0 Å². The molecule has 1 heterocycles. The number of ether oxygens (including phenoxy) is 2. The van der Waals surface area contributed by atoms with E-state index in [2.05, 4.69) is 15.9 Å². The molecule has 0 spiro atoms. The number of hydrogen-bond donors (Lipinski definition) is 0. The summed E-state index contributed by atoms with van der Waals surface area (Å²) in [5.74, 6) is -0.729. The van der Waals surface area contributed by atoms with E-state index in [-0.39, 0.29) is 23.2 Å². The first-order valence-electron chi connectivity index (χ1n) is 5.99. The van der Waals surface area contributed by atoms with Gasteiger partial charge in [0.1, 0.15) is 17.1 Å². The molecule has 100 valence electrons. The fourth-order valence-electron chi connectivity index (χ4n) is 2.34. The summed E-state index contributed by atoms with van der Waals surface area (Å²) < 4.78 is 10.7. The molecule has 0 radical (unpaired) electrons. The Labute approximate surface area is 115 Å². The topological polar surface area (TPSA) is 52.6 Å². The molecule has 0 aromatic heterocycles. The van der Waals surface area contributed by atoms with Crippen LogP contribution in [0.2, 0.25) is 0 Å². The van der Waals surface area contributed by atoms with Crippen LogP contribution in [0.3, 0.4) is 0 Å². The third-order valence-corrected chi connectivity index (χ3v) is 3.94. The monoisotopic (exact) mass is 316 g/mol. The van der Waals surface area contributed by atoms with Crippen molar-refractivity contribution in [2.24, 2.45) is 5.41 Å². The number of allylic oxidation sites excluding steroid dienone is 1. The minimum atomic E-state index is -0.962. The largest absolute Gasteiger partial charge is 0.460 e. The molecule has 0 N–H and O–H groups in total. The van der Waals surface area contributed by atoms with E-state index in [1.165, 1.54) is 0 Å². The molecule has 18 heavy (non-hydrogen) atoms. The zero-order valence-corrected chi connectivity index (χ0v) is 12.3. The van der Waals surface area contributed by atoms with Gasteiger partial charge in [0.05, 0.1) is 11.2 Å². The van der Waals surface area contributed by atoms with Crippen LogP contribution in [-0.4, -0.2) is 28.5 Å². The van der Waals surface area contributed by atoms with Gasteiger partial charge in [-0.05, 0) is 27.2 Å². The maximum atomic E-state index is 12.4. The quantitative estimate of drug-likeness (QED) is 0.423. The van der Waals surface area contributed by atoms with E-state index < -0.39 is 17.1 Å². The van der Waals surface area contributed by atoms with Crippen LogP contribution in [-0.2, 0) is 19.1 Å². The van der Waals surface area contributed by atoms with Crippen molar-refractivity contribution in [2.45, 2.75) is 50.1 Å². The second-order valence-corrected chi connectivity index (χ2v) is 6.96. The Morgan fingerprint density at radius 2 is 2.22 bits per heavy atom. The van der Waals surface area contributed by atoms with E-state index in [9.17, 15) is 9.59 Å². The molecular weight excluding hydrogens is 300 g/mol. The standard InChI is InChI=1S/C13H17BrO4/c1-12(2,3)18-11(16)13-6-4-5-8(14)10(13)17-9(15)7-13/h4,6,8,10H,5,7H2,1-3H3/t8-,10+,13-/m0/s1.